The van der Waals surface area contributed by atoms with Crippen molar-refractivity contribution in [1.29, 1.82) is 0 Å². The second kappa shape index (κ2) is 5.21. The third-order valence-electron chi connectivity index (χ3n) is 3.16. The molecular weight excluding hydrogens is 311 g/mol. The number of halogens is 3. The quantitative estimate of drug-likeness (QED) is 0.521. The van der Waals surface area contributed by atoms with Crippen LogP contribution in [-0.2, 0) is 27.8 Å². The van der Waals surface area contributed by atoms with Crippen molar-refractivity contribution in [2.45, 2.75) is 25.3 Å². The number of alkyl halides is 3. The Hall–Kier alpha value is -1.77. The minimum atomic E-state index is -5.77. The molecule has 0 fully saturated rings. The van der Waals surface area contributed by atoms with Crippen LogP contribution in [0.25, 0.3) is 0 Å². The third-order valence-corrected chi connectivity index (χ3v) is 4.12. The SMILES string of the molecule is Cc1cc2c(c(OS(=O)(=O)C(F)(F)F)c1CC=O)CCN2. The van der Waals surface area contributed by atoms with Gasteiger partial charge in [0.1, 0.15) is 6.29 Å². The highest BCUT2D eigenvalue weighted by Gasteiger charge is 2.49. The third kappa shape index (κ3) is 2.82. The number of benzene rings is 1. The maximum Gasteiger partial charge on any atom is 0.534 e. The van der Waals surface area contributed by atoms with Gasteiger partial charge in [-0.1, -0.05) is 0 Å². The van der Waals surface area contributed by atoms with Crippen molar-refractivity contribution in [3.63, 3.8) is 0 Å². The van der Waals surface area contributed by atoms with Crippen LogP contribution in [0.1, 0.15) is 16.7 Å². The average Bonchev–Trinajstić information content (AvgIpc) is 2.79. The van der Waals surface area contributed by atoms with Gasteiger partial charge in [0.15, 0.2) is 5.75 Å². The molecule has 0 aromatic heterocycles. The zero-order chi connectivity index (χ0) is 15.8. The van der Waals surface area contributed by atoms with Crippen LogP contribution in [0, 0.1) is 6.92 Å². The maximum absolute atomic E-state index is 12.5. The number of fused-ring (bicyclic) bond motifs is 1. The molecule has 0 saturated carbocycles. The van der Waals surface area contributed by atoms with E-state index in [2.05, 4.69) is 9.50 Å². The van der Waals surface area contributed by atoms with Gasteiger partial charge in [0.05, 0.1) is 0 Å². The molecule has 2 rings (SSSR count). The molecule has 1 aliphatic rings. The molecule has 0 bridgehead atoms. The second-order valence-corrected chi connectivity index (χ2v) is 6.10. The molecule has 0 spiro atoms. The first-order valence-corrected chi connectivity index (χ1v) is 7.42. The van der Waals surface area contributed by atoms with E-state index in [0.717, 1.165) is 0 Å². The maximum atomic E-state index is 12.5. The van der Waals surface area contributed by atoms with E-state index in [9.17, 15) is 26.4 Å². The van der Waals surface area contributed by atoms with Crippen molar-refractivity contribution < 1.29 is 30.6 Å². The van der Waals surface area contributed by atoms with E-state index in [1.165, 1.54) is 0 Å². The Bertz CT molecular complexity index is 683. The number of hydrogen-bond donors (Lipinski definition) is 1. The minimum absolute atomic E-state index is 0.153. The molecule has 0 atom stereocenters. The molecule has 0 aliphatic carbocycles. The molecule has 9 heteroatoms. The number of aryl methyl sites for hydroxylation is 1. The Labute approximate surface area is 119 Å². The van der Waals surface area contributed by atoms with Crippen molar-refractivity contribution in [3.8, 4) is 5.75 Å². The van der Waals surface area contributed by atoms with Crippen molar-refractivity contribution >= 4 is 22.1 Å². The summed E-state index contributed by atoms with van der Waals surface area (Å²) in [5.74, 6) is -0.389. The van der Waals surface area contributed by atoms with Crippen LogP contribution in [0.5, 0.6) is 5.75 Å². The molecule has 0 amide bonds. The highest BCUT2D eigenvalue weighted by Crippen LogP contribution is 2.39. The summed E-state index contributed by atoms with van der Waals surface area (Å²) in [6.45, 7) is 2.04. The van der Waals surface area contributed by atoms with Gasteiger partial charge in [-0.2, -0.15) is 21.6 Å². The summed E-state index contributed by atoms with van der Waals surface area (Å²) in [7, 11) is -5.77. The van der Waals surface area contributed by atoms with Crippen molar-refractivity contribution in [2.24, 2.45) is 0 Å². The standard InChI is InChI=1S/C12H12F3NO4S/c1-7-6-10-9(2-4-16-10)11(8(7)3-5-17)20-21(18,19)12(13,14)15/h5-6,16H,2-4H2,1H3. The van der Waals surface area contributed by atoms with Crippen LogP contribution in [-0.4, -0.2) is 26.8 Å². The number of nitrogens with one attached hydrogen (secondary N) is 1. The molecule has 0 radical (unpaired) electrons. The highest BCUT2D eigenvalue weighted by atomic mass is 32.2. The number of hydrogen-bond acceptors (Lipinski definition) is 5. The molecule has 5 nitrogen and oxygen atoms in total. The average molecular weight is 323 g/mol. The van der Waals surface area contributed by atoms with Gasteiger partial charge in [-0.05, 0) is 25.0 Å². The number of anilines is 1. The van der Waals surface area contributed by atoms with Crippen LogP contribution in [0.3, 0.4) is 0 Å². The van der Waals surface area contributed by atoms with Gasteiger partial charge in [0.2, 0.25) is 0 Å². The Morgan fingerprint density at radius 1 is 1.43 bits per heavy atom. The van der Waals surface area contributed by atoms with E-state index < -0.39 is 15.6 Å². The van der Waals surface area contributed by atoms with E-state index in [4.69, 9.17) is 0 Å². The van der Waals surface area contributed by atoms with Gasteiger partial charge >= 0.3 is 15.6 Å². The molecule has 0 unspecified atom stereocenters. The number of rotatable bonds is 4. The van der Waals surface area contributed by atoms with Crippen molar-refractivity contribution in [2.75, 3.05) is 11.9 Å². The lowest BCUT2D eigenvalue weighted by molar-refractivity contribution is -0.107. The zero-order valence-electron chi connectivity index (χ0n) is 11.0. The number of carbonyl (C=O) groups excluding carboxylic acids is 1. The summed E-state index contributed by atoms with van der Waals surface area (Å²) < 4.78 is 64.3. The molecule has 116 valence electrons. The molecule has 1 aliphatic heterocycles. The zero-order valence-corrected chi connectivity index (χ0v) is 11.8. The van der Waals surface area contributed by atoms with E-state index in [-0.39, 0.29) is 17.7 Å². The fourth-order valence-corrected chi connectivity index (χ4v) is 2.71. The Morgan fingerprint density at radius 3 is 2.67 bits per heavy atom. The van der Waals surface area contributed by atoms with E-state index in [1.54, 1.807) is 13.0 Å². The van der Waals surface area contributed by atoms with Crippen LogP contribution in [0.2, 0.25) is 0 Å². The Balaban J connectivity index is 2.59. The lowest BCUT2D eigenvalue weighted by Gasteiger charge is -2.17. The molecule has 1 heterocycles. The predicted octanol–water partition coefficient (Wildman–Crippen LogP) is 1.93. The van der Waals surface area contributed by atoms with Gasteiger partial charge in [-0.3, -0.25) is 0 Å². The molecule has 1 aromatic carbocycles. The molecule has 21 heavy (non-hydrogen) atoms. The van der Waals surface area contributed by atoms with Gasteiger partial charge in [-0.15, -0.1) is 0 Å². The van der Waals surface area contributed by atoms with Crippen molar-refractivity contribution in [1.82, 2.24) is 0 Å². The predicted molar refractivity (Wildman–Crippen MR) is 68.7 cm³/mol. The molecule has 1 N–H and O–H groups in total. The first kappa shape index (κ1) is 15.6. The van der Waals surface area contributed by atoms with Crippen LogP contribution in [0.15, 0.2) is 6.07 Å². The molecular formula is C12H12F3NO4S. The largest absolute Gasteiger partial charge is 0.534 e. The lowest BCUT2D eigenvalue weighted by atomic mass is 9.99. The van der Waals surface area contributed by atoms with E-state index in [0.29, 0.717) is 36.1 Å². The normalized spacial score (nSPS) is 14.5. The summed E-state index contributed by atoms with van der Waals surface area (Å²) in [5.41, 5.74) is -4.02. The first-order valence-electron chi connectivity index (χ1n) is 6.01. The summed E-state index contributed by atoms with van der Waals surface area (Å²) >= 11 is 0. The van der Waals surface area contributed by atoms with Crippen molar-refractivity contribution in [3.05, 3.63) is 22.8 Å². The summed E-state index contributed by atoms with van der Waals surface area (Å²) in [4.78, 5) is 10.7. The van der Waals surface area contributed by atoms with Gasteiger partial charge in [0, 0.05) is 29.8 Å². The fraction of sp³-hybridized carbons (Fsp3) is 0.417. The van der Waals surface area contributed by atoms with E-state index >= 15 is 0 Å². The second-order valence-electron chi connectivity index (χ2n) is 4.56. The smallest absolute Gasteiger partial charge is 0.384 e. The summed E-state index contributed by atoms with van der Waals surface area (Å²) in [6.07, 6.45) is 0.593. The molecule has 0 saturated heterocycles. The first-order chi connectivity index (χ1) is 9.67. The number of aldehydes is 1. The minimum Gasteiger partial charge on any atom is -0.384 e. The summed E-state index contributed by atoms with van der Waals surface area (Å²) in [6, 6.07) is 1.66. The topological polar surface area (TPSA) is 72.5 Å². The van der Waals surface area contributed by atoms with Gasteiger partial charge in [0.25, 0.3) is 0 Å². The highest BCUT2D eigenvalue weighted by molar-refractivity contribution is 7.88. The number of carbonyl (C=O) groups is 1. The monoisotopic (exact) mass is 323 g/mol. The lowest BCUT2D eigenvalue weighted by Crippen LogP contribution is -2.29. The Kier molecular flexibility index (Phi) is 3.87. The Morgan fingerprint density at radius 2 is 2.10 bits per heavy atom. The van der Waals surface area contributed by atoms with Crippen LogP contribution >= 0.6 is 0 Å². The van der Waals surface area contributed by atoms with Gasteiger partial charge < -0.3 is 14.3 Å². The van der Waals surface area contributed by atoms with Gasteiger partial charge in [-0.25, -0.2) is 0 Å². The van der Waals surface area contributed by atoms with Crippen LogP contribution in [0.4, 0.5) is 18.9 Å². The van der Waals surface area contributed by atoms with E-state index in [1.807, 2.05) is 0 Å². The fourth-order valence-electron chi connectivity index (χ4n) is 2.20. The van der Waals surface area contributed by atoms with Crippen LogP contribution < -0.4 is 9.50 Å². The summed E-state index contributed by atoms with van der Waals surface area (Å²) in [5, 5.41) is 2.93. The molecule has 1 aromatic rings.